The van der Waals surface area contributed by atoms with Crippen LogP contribution in [0.1, 0.15) is 37.0 Å². The molecule has 8 heteroatoms. The molecule has 0 aliphatic heterocycles. The van der Waals surface area contributed by atoms with Gasteiger partial charge in [-0.3, -0.25) is 9.59 Å². The Morgan fingerprint density at radius 2 is 1.74 bits per heavy atom. The zero-order chi connectivity index (χ0) is 23.1. The number of hydrogen-bond donors (Lipinski definition) is 1. The molecule has 0 aromatic heterocycles. The van der Waals surface area contributed by atoms with E-state index in [2.05, 4.69) is 5.32 Å². The Morgan fingerprint density at radius 3 is 2.32 bits per heavy atom. The number of halogens is 3. The molecule has 0 radical (unpaired) electrons. The predicted molar refractivity (Wildman–Crippen MR) is 126 cm³/mol. The molecule has 1 N–H and O–H groups in total. The highest BCUT2D eigenvalue weighted by Gasteiger charge is 2.27. The lowest BCUT2D eigenvalue weighted by Gasteiger charge is -2.29. The number of aryl methyl sites for hydroxylation is 2. The van der Waals surface area contributed by atoms with Crippen LogP contribution in [-0.4, -0.2) is 35.9 Å². The summed E-state index contributed by atoms with van der Waals surface area (Å²) in [6.07, 6.45) is 0.799. The summed E-state index contributed by atoms with van der Waals surface area (Å²) in [5.41, 5.74) is 2.41. The number of amides is 2. The van der Waals surface area contributed by atoms with Crippen LogP contribution >= 0.6 is 34.8 Å². The molecule has 0 bridgehead atoms. The van der Waals surface area contributed by atoms with E-state index < -0.39 is 6.04 Å². The predicted octanol–water partition coefficient (Wildman–Crippen LogP) is 5.59. The van der Waals surface area contributed by atoms with Gasteiger partial charge in [-0.2, -0.15) is 0 Å². The Kier molecular flexibility index (Phi) is 9.48. The molecule has 31 heavy (non-hydrogen) atoms. The molecule has 168 valence electrons. The number of ether oxygens (including phenoxy) is 1. The minimum Gasteiger partial charge on any atom is -0.484 e. The van der Waals surface area contributed by atoms with Gasteiger partial charge in [0.2, 0.25) is 5.91 Å². The summed E-state index contributed by atoms with van der Waals surface area (Å²) >= 11 is 18.5. The van der Waals surface area contributed by atoms with E-state index in [0.29, 0.717) is 32.9 Å². The Morgan fingerprint density at radius 1 is 1.10 bits per heavy atom. The van der Waals surface area contributed by atoms with Gasteiger partial charge < -0.3 is 15.0 Å². The van der Waals surface area contributed by atoms with E-state index >= 15 is 0 Å². The van der Waals surface area contributed by atoms with Crippen molar-refractivity contribution in [2.24, 2.45) is 0 Å². The summed E-state index contributed by atoms with van der Waals surface area (Å²) in [6.45, 7) is 7.86. The average Bonchev–Trinajstić information content (AvgIpc) is 2.73. The number of hydrogen-bond acceptors (Lipinski definition) is 3. The molecule has 1 atom stereocenters. The van der Waals surface area contributed by atoms with Gasteiger partial charge in [-0.05, 0) is 68.1 Å². The zero-order valence-corrected chi connectivity index (χ0v) is 20.4. The Bertz CT molecular complexity index is 927. The number of rotatable bonds is 9. The van der Waals surface area contributed by atoms with Gasteiger partial charge in [0.1, 0.15) is 11.8 Å². The van der Waals surface area contributed by atoms with Gasteiger partial charge in [0, 0.05) is 28.2 Å². The van der Waals surface area contributed by atoms with E-state index in [1.54, 1.807) is 37.3 Å². The maximum atomic E-state index is 13.1. The van der Waals surface area contributed by atoms with Crippen molar-refractivity contribution in [1.82, 2.24) is 10.2 Å². The van der Waals surface area contributed by atoms with Crippen molar-refractivity contribution in [3.63, 3.8) is 0 Å². The molecular formula is C23H27Cl3N2O3. The summed E-state index contributed by atoms with van der Waals surface area (Å²) in [7, 11) is 0. The maximum Gasteiger partial charge on any atom is 0.261 e. The van der Waals surface area contributed by atoms with Crippen LogP contribution in [0.3, 0.4) is 0 Å². The second-order valence-electron chi connectivity index (χ2n) is 7.38. The van der Waals surface area contributed by atoms with Gasteiger partial charge in [0.15, 0.2) is 6.61 Å². The highest BCUT2D eigenvalue weighted by atomic mass is 35.5. The van der Waals surface area contributed by atoms with Crippen LogP contribution in [0.5, 0.6) is 5.75 Å². The first kappa shape index (κ1) is 25.3. The van der Waals surface area contributed by atoms with E-state index in [0.717, 1.165) is 17.5 Å². The fourth-order valence-electron chi connectivity index (χ4n) is 3.03. The number of carbonyl (C=O) groups is 2. The van der Waals surface area contributed by atoms with Crippen LogP contribution < -0.4 is 10.1 Å². The Hall–Kier alpha value is -1.95. The fraction of sp³-hybridized carbons (Fsp3) is 0.391. The number of nitrogens with one attached hydrogen (secondary N) is 1. The molecule has 0 aliphatic rings. The summed E-state index contributed by atoms with van der Waals surface area (Å²) < 4.78 is 5.73. The minimum atomic E-state index is -0.705. The third-order valence-electron chi connectivity index (χ3n) is 4.84. The summed E-state index contributed by atoms with van der Waals surface area (Å²) in [4.78, 5) is 27.1. The van der Waals surface area contributed by atoms with Crippen molar-refractivity contribution in [3.8, 4) is 5.75 Å². The van der Waals surface area contributed by atoms with Crippen LogP contribution in [0.4, 0.5) is 0 Å². The summed E-state index contributed by atoms with van der Waals surface area (Å²) in [5, 5.41) is 4.42. The molecule has 0 aliphatic carbocycles. The number of nitrogens with zero attached hydrogens (tertiary/aromatic N) is 1. The van der Waals surface area contributed by atoms with Crippen LogP contribution in [-0.2, 0) is 16.1 Å². The largest absolute Gasteiger partial charge is 0.484 e. The third-order valence-corrected chi connectivity index (χ3v) is 6.03. The summed E-state index contributed by atoms with van der Waals surface area (Å²) in [6, 6.07) is 7.90. The zero-order valence-electron chi connectivity index (χ0n) is 18.1. The van der Waals surface area contributed by atoms with E-state index in [4.69, 9.17) is 39.5 Å². The normalized spacial score (nSPS) is 11.7. The highest BCUT2D eigenvalue weighted by Crippen LogP contribution is 2.26. The smallest absolute Gasteiger partial charge is 0.261 e. The molecule has 0 unspecified atom stereocenters. The van der Waals surface area contributed by atoms with E-state index in [1.807, 2.05) is 20.8 Å². The van der Waals surface area contributed by atoms with E-state index in [9.17, 15) is 9.59 Å². The van der Waals surface area contributed by atoms with Crippen LogP contribution in [0.2, 0.25) is 15.1 Å². The van der Waals surface area contributed by atoms with Gasteiger partial charge in [-0.1, -0.05) is 47.8 Å². The highest BCUT2D eigenvalue weighted by molar-refractivity contribution is 6.35. The Balaban J connectivity index is 2.21. The lowest BCUT2D eigenvalue weighted by molar-refractivity contribution is -0.142. The van der Waals surface area contributed by atoms with Gasteiger partial charge in [0.05, 0.1) is 0 Å². The lowest BCUT2D eigenvalue weighted by Crippen LogP contribution is -2.49. The average molecular weight is 486 g/mol. The van der Waals surface area contributed by atoms with Crippen molar-refractivity contribution in [3.05, 3.63) is 62.1 Å². The third kappa shape index (κ3) is 7.03. The van der Waals surface area contributed by atoms with Crippen LogP contribution in [0.15, 0.2) is 30.3 Å². The minimum absolute atomic E-state index is 0.150. The summed E-state index contributed by atoms with van der Waals surface area (Å²) in [5.74, 6) is -0.0331. The fourth-order valence-corrected chi connectivity index (χ4v) is 3.61. The molecule has 0 saturated carbocycles. The molecule has 2 aromatic rings. The van der Waals surface area contributed by atoms with Crippen molar-refractivity contribution in [2.75, 3.05) is 13.2 Å². The van der Waals surface area contributed by atoms with Gasteiger partial charge in [-0.25, -0.2) is 0 Å². The molecule has 0 heterocycles. The molecule has 2 aromatic carbocycles. The van der Waals surface area contributed by atoms with Crippen molar-refractivity contribution < 1.29 is 14.3 Å². The molecule has 0 fully saturated rings. The van der Waals surface area contributed by atoms with Crippen LogP contribution in [0.25, 0.3) is 0 Å². The molecular weight excluding hydrogens is 459 g/mol. The topological polar surface area (TPSA) is 58.6 Å². The molecule has 2 rings (SSSR count). The van der Waals surface area contributed by atoms with Crippen molar-refractivity contribution in [1.29, 1.82) is 0 Å². The van der Waals surface area contributed by atoms with Crippen molar-refractivity contribution in [2.45, 2.75) is 46.7 Å². The second kappa shape index (κ2) is 11.6. The van der Waals surface area contributed by atoms with Gasteiger partial charge in [-0.15, -0.1) is 0 Å². The Labute approximate surface area is 198 Å². The molecule has 5 nitrogen and oxygen atoms in total. The molecule has 0 spiro atoms. The van der Waals surface area contributed by atoms with Gasteiger partial charge >= 0.3 is 0 Å². The molecule has 2 amide bonds. The van der Waals surface area contributed by atoms with E-state index in [-0.39, 0.29) is 25.0 Å². The number of carbonyl (C=O) groups excluding carboxylic acids is 2. The first-order valence-corrected chi connectivity index (χ1v) is 11.2. The quantitative estimate of drug-likeness (QED) is 0.504. The number of benzene rings is 2. The van der Waals surface area contributed by atoms with Crippen LogP contribution in [0, 0.1) is 13.8 Å². The van der Waals surface area contributed by atoms with E-state index in [1.165, 1.54) is 4.90 Å². The molecule has 0 saturated heterocycles. The SMILES string of the molecule is CCCNC(=O)[C@@H](C)N(Cc1ccc(Cl)cc1Cl)C(=O)COc1cc(C)c(Cl)c(C)c1. The lowest BCUT2D eigenvalue weighted by atomic mass is 10.1. The standard InChI is InChI=1S/C23H27Cl3N2O3/c1-5-8-27-23(30)16(4)28(12-17-6-7-18(24)11-20(17)25)21(29)13-31-19-9-14(2)22(26)15(3)10-19/h6-7,9-11,16H,5,8,12-13H2,1-4H3,(H,27,30)/t16-/m1/s1. The first-order chi connectivity index (χ1) is 14.6. The monoisotopic (exact) mass is 484 g/mol. The maximum absolute atomic E-state index is 13.1. The second-order valence-corrected chi connectivity index (χ2v) is 8.61. The van der Waals surface area contributed by atoms with Gasteiger partial charge in [0.25, 0.3) is 5.91 Å². The van der Waals surface area contributed by atoms with Crippen molar-refractivity contribution >= 4 is 46.6 Å². The first-order valence-electron chi connectivity index (χ1n) is 10.0.